The summed E-state index contributed by atoms with van der Waals surface area (Å²) in [5, 5.41) is 8.93. The number of aliphatic hydroxyl groups is 1. The highest BCUT2D eigenvalue weighted by Crippen LogP contribution is 2.24. The van der Waals surface area contributed by atoms with Crippen LogP contribution in [0.1, 0.15) is 10.4 Å². The highest BCUT2D eigenvalue weighted by atomic mass is 16.6. The van der Waals surface area contributed by atoms with Crippen molar-refractivity contribution in [1.82, 2.24) is 0 Å². The van der Waals surface area contributed by atoms with Gasteiger partial charge in [-0.3, -0.25) is 0 Å². The van der Waals surface area contributed by atoms with E-state index in [4.69, 9.17) is 24.1 Å². The van der Waals surface area contributed by atoms with Gasteiger partial charge in [-0.2, -0.15) is 0 Å². The number of ether oxygens (including phenoxy) is 4. The number of benzene rings is 3. The highest BCUT2D eigenvalue weighted by molar-refractivity contribution is 5.92. The Morgan fingerprint density at radius 1 is 0.750 bits per heavy atom. The van der Waals surface area contributed by atoms with E-state index in [1.165, 1.54) is 0 Å². The Hall–Kier alpha value is -4.69. The monoisotopic (exact) mass is 488 g/mol. The Bertz CT molecular complexity index is 1230. The van der Waals surface area contributed by atoms with Gasteiger partial charge in [0.15, 0.2) is 0 Å². The molecule has 8 nitrogen and oxygen atoms in total. The van der Waals surface area contributed by atoms with Crippen LogP contribution < -0.4 is 14.2 Å². The molecule has 3 aromatic carbocycles. The lowest BCUT2D eigenvalue weighted by Gasteiger charge is -2.09. The fourth-order valence-corrected chi connectivity index (χ4v) is 2.89. The Balaban J connectivity index is 1.53. The van der Waals surface area contributed by atoms with E-state index in [9.17, 15) is 14.4 Å². The van der Waals surface area contributed by atoms with E-state index in [0.29, 0.717) is 22.8 Å². The first-order valence-electron chi connectivity index (χ1n) is 10.8. The topological polar surface area (TPSA) is 108 Å². The number of rotatable bonds is 11. The summed E-state index contributed by atoms with van der Waals surface area (Å²) in [7, 11) is 0. The minimum Gasteiger partial charge on any atom is -0.490 e. The maximum atomic E-state index is 12.5. The number of hydrogen-bond donors (Lipinski definition) is 1. The summed E-state index contributed by atoms with van der Waals surface area (Å²) in [6, 6.07) is 20.1. The number of hydrogen-bond acceptors (Lipinski definition) is 8. The predicted octanol–water partition coefficient (Wildman–Crippen LogP) is 4.13. The second-order valence-corrected chi connectivity index (χ2v) is 7.33. The average molecular weight is 488 g/mol. The second kappa shape index (κ2) is 12.7. The third-order valence-electron chi connectivity index (χ3n) is 4.80. The first kappa shape index (κ1) is 25.9. The SMILES string of the molecule is C=CC(=O)OCCOc1ccc(OC(=O)c2ccc(-c3ccc(OC(=O)C(=C)CO)cc3)cc2)cc1. The largest absolute Gasteiger partial charge is 0.490 e. The fourth-order valence-electron chi connectivity index (χ4n) is 2.89. The Morgan fingerprint density at radius 3 is 1.86 bits per heavy atom. The van der Waals surface area contributed by atoms with Gasteiger partial charge in [0.2, 0.25) is 0 Å². The summed E-state index contributed by atoms with van der Waals surface area (Å²) in [6.07, 6.45) is 1.08. The first-order chi connectivity index (χ1) is 17.4. The average Bonchev–Trinajstić information content (AvgIpc) is 2.91. The van der Waals surface area contributed by atoms with Crippen molar-refractivity contribution < 1.29 is 38.4 Å². The lowest BCUT2D eigenvalue weighted by atomic mass is 10.0. The second-order valence-electron chi connectivity index (χ2n) is 7.33. The van der Waals surface area contributed by atoms with Crippen LogP contribution in [0.4, 0.5) is 0 Å². The third kappa shape index (κ3) is 7.41. The molecule has 0 saturated carbocycles. The molecule has 184 valence electrons. The summed E-state index contributed by atoms with van der Waals surface area (Å²) in [4.78, 5) is 35.2. The summed E-state index contributed by atoms with van der Waals surface area (Å²) >= 11 is 0. The molecule has 8 heteroatoms. The van der Waals surface area contributed by atoms with Crippen LogP contribution in [0.25, 0.3) is 11.1 Å². The Labute approximate surface area is 208 Å². The van der Waals surface area contributed by atoms with Crippen LogP contribution in [0.5, 0.6) is 17.2 Å². The van der Waals surface area contributed by atoms with E-state index in [1.807, 2.05) is 0 Å². The van der Waals surface area contributed by atoms with E-state index >= 15 is 0 Å². The maximum absolute atomic E-state index is 12.5. The van der Waals surface area contributed by atoms with Crippen LogP contribution in [0.2, 0.25) is 0 Å². The standard InChI is InChI=1S/C28H24O8/c1-3-26(30)34-17-16-33-23-12-14-25(15-13-23)36-28(32)22-6-4-20(5-7-22)21-8-10-24(11-9-21)35-27(31)19(2)18-29/h3-15,29H,1-2,16-18H2. The van der Waals surface area contributed by atoms with Crippen LogP contribution in [0.15, 0.2) is 97.6 Å². The summed E-state index contributed by atoms with van der Waals surface area (Å²) < 4.78 is 20.8. The highest BCUT2D eigenvalue weighted by Gasteiger charge is 2.11. The molecule has 0 spiro atoms. The van der Waals surface area contributed by atoms with Gasteiger partial charge in [-0.25, -0.2) is 14.4 Å². The van der Waals surface area contributed by atoms with Gasteiger partial charge in [0.1, 0.15) is 30.5 Å². The molecule has 0 atom stereocenters. The van der Waals surface area contributed by atoms with Crippen molar-refractivity contribution in [2.24, 2.45) is 0 Å². The Kier molecular flexibility index (Phi) is 9.13. The van der Waals surface area contributed by atoms with Gasteiger partial charge in [0, 0.05) is 6.08 Å². The van der Waals surface area contributed by atoms with Gasteiger partial charge in [0.25, 0.3) is 0 Å². The van der Waals surface area contributed by atoms with Gasteiger partial charge >= 0.3 is 17.9 Å². The first-order valence-corrected chi connectivity index (χ1v) is 10.8. The van der Waals surface area contributed by atoms with Crippen molar-refractivity contribution in [3.8, 4) is 28.4 Å². The van der Waals surface area contributed by atoms with Gasteiger partial charge < -0.3 is 24.1 Å². The van der Waals surface area contributed by atoms with Crippen LogP contribution in [-0.2, 0) is 14.3 Å². The van der Waals surface area contributed by atoms with Gasteiger partial charge in [-0.05, 0) is 59.7 Å². The summed E-state index contributed by atoms with van der Waals surface area (Å²) in [5.74, 6) is -0.515. The Morgan fingerprint density at radius 2 is 1.28 bits per heavy atom. The molecular formula is C28H24O8. The van der Waals surface area contributed by atoms with Gasteiger partial charge in [-0.15, -0.1) is 0 Å². The molecule has 0 aromatic heterocycles. The quantitative estimate of drug-likeness (QED) is 0.186. The molecule has 0 saturated heterocycles. The van der Waals surface area contributed by atoms with E-state index in [-0.39, 0.29) is 18.8 Å². The smallest absolute Gasteiger partial charge is 0.343 e. The molecule has 0 heterocycles. The van der Waals surface area contributed by atoms with Crippen LogP contribution in [-0.4, -0.2) is 42.8 Å². The lowest BCUT2D eigenvalue weighted by Crippen LogP contribution is -2.12. The van der Waals surface area contributed by atoms with Gasteiger partial charge in [0.05, 0.1) is 17.7 Å². The lowest BCUT2D eigenvalue weighted by molar-refractivity contribution is -0.138. The number of carbonyl (C=O) groups is 3. The van der Waals surface area contributed by atoms with Crippen molar-refractivity contribution >= 4 is 17.9 Å². The molecule has 0 fully saturated rings. The third-order valence-corrected chi connectivity index (χ3v) is 4.80. The molecule has 3 rings (SSSR count). The minimum absolute atomic E-state index is 0.0328. The molecule has 0 aliphatic heterocycles. The molecule has 0 radical (unpaired) electrons. The molecule has 36 heavy (non-hydrogen) atoms. The molecule has 0 unspecified atom stereocenters. The van der Waals surface area contributed by atoms with Crippen LogP contribution >= 0.6 is 0 Å². The summed E-state index contributed by atoms with van der Waals surface area (Å²) in [5.41, 5.74) is 2.04. The van der Waals surface area contributed by atoms with E-state index in [0.717, 1.165) is 17.2 Å². The predicted molar refractivity (Wildman–Crippen MR) is 132 cm³/mol. The molecule has 0 aliphatic rings. The van der Waals surface area contributed by atoms with Crippen molar-refractivity contribution in [3.05, 3.63) is 103 Å². The van der Waals surface area contributed by atoms with E-state index in [2.05, 4.69) is 13.2 Å². The zero-order chi connectivity index (χ0) is 25.9. The molecule has 3 aromatic rings. The van der Waals surface area contributed by atoms with Crippen molar-refractivity contribution in [1.29, 1.82) is 0 Å². The van der Waals surface area contributed by atoms with Crippen molar-refractivity contribution in [3.63, 3.8) is 0 Å². The van der Waals surface area contributed by atoms with Gasteiger partial charge in [-0.1, -0.05) is 37.4 Å². The van der Waals surface area contributed by atoms with Crippen LogP contribution in [0.3, 0.4) is 0 Å². The molecular weight excluding hydrogens is 464 g/mol. The van der Waals surface area contributed by atoms with E-state index in [1.54, 1.807) is 72.8 Å². The van der Waals surface area contributed by atoms with E-state index < -0.39 is 24.5 Å². The fraction of sp³-hybridized carbons (Fsp3) is 0.107. The van der Waals surface area contributed by atoms with Crippen molar-refractivity contribution in [2.75, 3.05) is 19.8 Å². The van der Waals surface area contributed by atoms with Crippen LogP contribution in [0, 0.1) is 0 Å². The molecule has 0 bridgehead atoms. The van der Waals surface area contributed by atoms with Crippen molar-refractivity contribution in [2.45, 2.75) is 0 Å². The minimum atomic E-state index is -0.693. The zero-order valence-electron chi connectivity index (χ0n) is 19.3. The molecule has 0 aliphatic carbocycles. The number of aliphatic hydroxyl groups excluding tert-OH is 1. The maximum Gasteiger partial charge on any atom is 0.343 e. The summed E-state index contributed by atoms with van der Waals surface area (Å²) in [6.45, 7) is 6.54. The molecule has 1 N–H and O–H groups in total. The molecule has 0 amide bonds. The number of esters is 3. The number of carbonyl (C=O) groups excluding carboxylic acids is 3. The zero-order valence-corrected chi connectivity index (χ0v) is 19.3. The normalized spacial score (nSPS) is 10.1.